The van der Waals surface area contributed by atoms with Gasteiger partial charge >= 0.3 is 17.4 Å². The van der Waals surface area contributed by atoms with Gasteiger partial charge in [0.2, 0.25) is 0 Å². The summed E-state index contributed by atoms with van der Waals surface area (Å²) in [6, 6.07) is 0. The van der Waals surface area contributed by atoms with Crippen molar-refractivity contribution in [3.63, 3.8) is 0 Å². The van der Waals surface area contributed by atoms with E-state index in [0.29, 0.717) is 0 Å². The van der Waals surface area contributed by atoms with Crippen LogP contribution in [0.2, 0.25) is 0 Å². The van der Waals surface area contributed by atoms with Crippen LogP contribution in [0.15, 0.2) is 0 Å². The molecule has 3 N–H and O–H groups in total. The van der Waals surface area contributed by atoms with Crippen LogP contribution < -0.4 is 20.3 Å². The molecule has 0 fully saturated rings. The van der Waals surface area contributed by atoms with E-state index in [-0.39, 0.29) is 51.7 Å². The van der Waals surface area contributed by atoms with Crippen molar-refractivity contribution in [3.05, 3.63) is 0 Å². The maximum absolute atomic E-state index is 0. The zero-order chi connectivity index (χ0) is 0. The third-order valence-corrected chi connectivity index (χ3v) is 0. The van der Waals surface area contributed by atoms with Crippen LogP contribution >= 0.6 is 0 Å². The zero-order valence-corrected chi connectivity index (χ0v) is 4.80. The molecule has 0 aromatic carbocycles. The van der Waals surface area contributed by atoms with Crippen molar-refractivity contribution < 1.29 is 28.2 Å². The van der Waals surface area contributed by atoms with Crippen molar-refractivity contribution in [2.45, 2.75) is 0 Å². The van der Waals surface area contributed by atoms with Crippen molar-refractivity contribution in [2.75, 3.05) is 0 Å². The molecule has 8 heteroatoms. The molecule has 0 radical (unpaired) electrons. The first-order chi connectivity index (χ1) is 0. The Morgan fingerprint density at radius 2 is 0.500 bits per heavy atom. The van der Waals surface area contributed by atoms with E-state index in [1.54, 1.807) is 0 Å². The number of rotatable bonds is 0. The van der Waals surface area contributed by atoms with Crippen LogP contribution in [0.4, 0.5) is 14.1 Å². The molecule has 0 aromatic rings. The summed E-state index contributed by atoms with van der Waals surface area (Å²) < 4.78 is 0. The number of hydrogen-bond acceptors (Lipinski definition) is 1. The molecule has 8 heavy (non-hydrogen) atoms. The Bertz CT molecular complexity index is 8.49. The van der Waals surface area contributed by atoms with Gasteiger partial charge in [-0.1, -0.05) is 0 Å². The SMILES string of the molecule is F.F.F.N.[Al+3].[F-].[F-].[F-]. The summed E-state index contributed by atoms with van der Waals surface area (Å²) in [4.78, 5) is 0. The molecule has 1 nitrogen and oxygen atoms in total. The summed E-state index contributed by atoms with van der Waals surface area (Å²) in [5, 5.41) is 0. The molecule has 0 aliphatic carbocycles. The molecule has 0 amide bonds. The first kappa shape index (κ1) is 76900. The molecule has 56 valence electrons. The topological polar surface area (TPSA) is 35.0 Å². The van der Waals surface area contributed by atoms with Gasteiger partial charge < -0.3 is 20.3 Å². The third-order valence-electron chi connectivity index (χ3n) is 0. The van der Waals surface area contributed by atoms with E-state index in [9.17, 15) is 0 Å². The molecule has 0 spiro atoms. The monoisotopic (exact) mass is 161 g/mol. The molecule has 0 aliphatic rings. The summed E-state index contributed by atoms with van der Waals surface area (Å²) in [7, 11) is 0. The predicted molar refractivity (Wildman–Crippen MR) is 18.3 cm³/mol. The Balaban J connectivity index is 0. The molecule has 0 heterocycles. The second-order valence-electron chi connectivity index (χ2n) is 0. The average molecular weight is 161 g/mol. The fraction of sp³-hybridized carbons (Fsp3) is 0. The Morgan fingerprint density at radius 3 is 0.500 bits per heavy atom. The van der Waals surface area contributed by atoms with Crippen molar-refractivity contribution >= 4 is 17.4 Å². The van der Waals surface area contributed by atoms with Gasteiger partial charge in [-0.25, -0.2) is 0 Å². The second kappa shape index (κ2) is 49700. The first-order valence-corrected chi connectivity index (χ1v) is 0. The van der Waals surface area contributed by atoms with E-state index in [4.69, 9.17) is 0 Å². The van der Waals surface area contributed by atoms with Gasteiger partial charge in [0.1, 0.15) is 0 Å². The maximum atomic E-state index is 0. The van der Waals surface area contributed by atoms with Crippen LogP contribution in [0, 0.1) is 0 Å². The van der Waals surface area contributed by atoms with Gasteiger partial charge in [0.25, 0.3) is 0 Å². The number of halogens is 6. The van der Waals surface area contributed by atoms with Crippen LogP contribution in [0.5, 0.6) is 0 Å². The van der Waals surface area contributed by atoms with Crippen molar-refractivity contribution in [3.8, 4) is 0 Å². The average Bonchev–Trinajstić information content (AvgIpc) is 0. The Kier molecular flexibility index (Phi) is 477000000. The molecular weight excluding hydrogens is 155 g/mol. The fourth-order valence-corrected chi connectivity index (χ4v) is 0. The molecule has 0 atom stereocenters. The molecular formula is H6AlF6N. The Hall–Kier alpha value is 0.0725. The molecule has 0 aliphatic heterocycles. The van der Waals surface area contributed by atoms with Crippen LogP contribution in [0.25, 0.3) is 0 Å². The van der Waals surface area contributed by atoms with Crippen LogP contribution in [0.3, 0.4) is 0 Å². The minimum Gasteiger partial charge on any atom is -1.00 e. The van der Waals surface area contributed by atoms with Gasteiger partial charge in [-0.3, -0.25) is 14.1 Å². The molecule has 0 saturated heterocycles. The maximum Gasteiger partial charge on any atom is 3.00 e. The fourth-order valence-electron chi connectivity index (χ4n) is 0. The van der Waals surface area contributed by atoms with Gasteiger partial charge in [-0.15, -0.1) is 0 Å². The van der Waals surface area contributed by atoms with E-state index in [2.05, 4.69) is 0 Å². The predicted octanol–water partition coefficient (Wildman–Crippen LogP) is -8.75. The van der Waals surface area contributed by atoms with Crippen LogP contribution in [0.1, 0.15) is 0 Å². The van der Waals surface area contributed by atoms with Crippen molar-refractivity contribution in [2.24, 2.45) is 0 Å². The summed E-state index contributed by atoms with van der Waals surface area (Å²) in [6.45, 7) is 0. The number of hydrogen-bond donors (Lipinski definition) is 1. The van der Waals surface area contributed by atoms with E-state index in [1.807, 2.05) is 0 Å². The minimum absolute atomic E-state index is 0. The summed E-state index contributed by atoms with van der Waals surface area (Å²) in [5.41, 5.74) is 0. The van der Waals surface area contributed by atoms with Gasteiger partial charge in [-0.2, -0.15) is 0 Å². The largest absolute Gasteiger partial charge is 3.00 e. The van der Waals surface area contributed by atoms with Crippen LogP contribution in [-0.4, -0.2) is 17.4 Å². The van der Waals surface area contributed by atoms with E-state index < -0.39 is 0 Å². The summed E-state index contributed by atoms with van der Waals surface area (Å²) in [5.74, 6) is 0. The van der Waals surface area contributed by atoms with Gasteiger partial charge in [0.15, 0.2) is 0 Å². The smallest absolute Gasteiger partial charge is 1.00 e. The van der Waals surface area contributed by atoms with E-state index in [1.165, 1.54) is 0 Å². The quantitative estimate of drug-likeness (QED) is 0.278. The standard InChI is InChI=1S/Al.6FH.H3N/h;6*1H;1H3/q+3;;;;;;;/p-3. The van der Waals surface area contributed by atoms with Crippen LogP contribution in [-0.2, 0) is 0 Å². The van der Waals surface area contributed by atoms with E-state index >= 15 is 0 Å². The molecule has 0 bridgehead atoms. The Morgan fingerprint density at radius 1 is 0.500 bits per heavy atom. The van der Waals surface area contributed by atoms with Gasteiger partial charge in [-0.05, 0) is 0 Å². The van der Waals surface area contributed by atoms with E-state index in [0.717, 1.165) is 0 Å². The zero-order valence-electron chi connectivity index (χ0n) is 3.64. The second-order valence-corrected chi connectivity index (χ2v) is 0. The van der Waals surface area contributed by atoms with Crippen molar-refractivity contribution in [1.29, 1.82) is 0 Å². The summed E-state index contributed by atoms with van der Waals surface area (Å²) in [6.07, 6.45) is 0. The van der Waals surface area contributed by atoms with Crippen molar-refractivity contribution in [1.82, 2.24) is 6.15 Å². The first-order valence-electron chi connectivity index (χ1n) is 0. The molecule has 0 unspecified atom stereocenters. The Labute approximate surface area is 52.7 Å². The van der Waals surface area contributed by atoms with Gasteiger partial charge in [0.05, 0.1) is 0 Å². The molecule has 0 rings (SSSR count). The summed E-state index contributed by atoms with van der Waals surface area (Å²) >= 11 is 0. The third kappa shape index (κ3) is 29800. The minimum atomic E-state index is 0. The molecule has 0 aromatic heterocycles. The van der Waals surface area contributed by atoms with Gasteiger partial charge in [0, 0.05) is 0 Å². The molecule has 0 saturated carbocycles. The normalized spacial score (nSPS) is 0.